The first kappa shape index (κ1) is 22.4. The summed E-state index contributed by atoms with van der Waals surface area (Å²) in [5, 5.41) is 5.09. The van der Waals surface area contributed by atoms with E-state index in [0.29, 0.717) is 38.9 Å². The number of fused-ring (bicyclic) bond motifs is 1. The van der Waals surface area contributed by atoms with E-state index in [2.05, 4.69) is 14.9 Å². The lowest BCUT2D eigenvalue weighted by Gasteiger charge is -2.32. The van der Waals surface area contributed by atoms with Crippen LogP contribution in [0.5, 0.6) is 0 Å². The summed E-state index contributed by atoms with van der Waals surface area (Å²) in [6.45, 7) is 2.03. The van der Waals surface area contributed by atoms with Crippen LogP contribution in [0.2, 0.25) is 0 Å². The molecule has 0 bridgehead atoms. The Morgan fingerprint density at radius 1 is 0.969 bits per heavy atom. The van der Waals surface area contributed by atoms with Gasteiger partial charge in [-0.15, -0.1) is 0 Å². The van der Waals surface area contributed by atoms with Crippen molar-refractivity contribution in [1.82, 2.24) is 9.62 Å². The van der Waals surface area contributed by atoms with Crippen molar-refractivity contribution in [3.63, 3.8) is 0 Å². The van der Waals surface area contributed by atoms with E-state index in [-0.39, 0.29) is 16.8 Å². The summed E-state index contributed by atoms with van der Waals surface area (Å²) >= 11 is 0. The Morgan fingerprint density at radius 3 is 2.41 bits per heavy atom. The van der Waals surface area contributed by atoms with Gasteiger partial charge in [-0.3, -0.25) is 4.79 Å². The van der Waals surface area contributed by atoms with Gasteiger partial charge in [0, 0.05) is 30.1 Å². The first-order valence-electron chi connectivity index (χ1n) is 10.7. The van der Waals surface area contributed by atoms with Crippen molar-refractivity contribution in [1.29, 1.82) is 0 Å². The summed E-state index contributed by atoms with van der Waals surface area (Å²) in [5.41, 5.74) is 0.807. The molecule has 0 aliphatic carbocycles. The number of rotatable bonds is 7. The molecule has 1 aliphatic heterocycles. The Morgan fingerprint density at radius 2 is 1.66 bits per heavy atom. The Bertz CT molecular complexity index is 1190. The highest BCUT2D eigenvalue weighted by molar-refractivity contribution is 7.89. The van der Waals surface area contributed by atoms with Crippen LogP contribution in [0, 0.1) is 5.82 Å². The van der Waals surface area contributed by atoms with Crippen molar-refractivity contribution in [2.45, 2.75) is 30.2 Å². The van der Waals surface area contributed by atoms with Gasteiger partial charge in [-0.05, 0) is 61.6 Å². The molecule has 1 amide bonds. The number of nitrogens with one attached hydrogen (secondary N) is 2. The van der Waals surface area contributed by atoms with E-state index >= 15 is 0 Å². The number of amides is 1. The summed E-state index contributed by atoms with van der Waals surface area (Å²) in [6, 6.07) is 18.4. The molecule has 32 heavy (non-hydrogen) atoms. The van der Waals surface area contributed by atoms with Gasteiger partial charge in [0.1, 0.15) is 5.82 Å². The molecule has 2 N–H and O–H groups in total. The SMILES string of the molecule is O=C(CCN1CCC(NS(=O)(=O)c2ccc(F)cc2)CC1)Nc1cccc2ccccc12. The standard InChI is InChI=1S/C24H26FN3O3S/c25-19-8-10-21(11-9-19)32(30,31)27-20-12-15-28(16-13-20)17-14-24(29)26-23-7-3-5-18-4-1-2-6-22(18)23/h1-11,20,27H,12-17H2,(H,26,29). The second-order valence-electron chi connectivity index (χ2n) is 8.02. The summed E-state index contributed by atoms with van der Waals surface area (Å²) in [5.74, 6) is -0.512. The number of hydrogen-bond donors (Lipinski definition) is 2. The number of nitrogens with zero attached hydrogens (tertiary/aromatic N) is 1. The number of piperidine rings is 1. The lowest BCUT2D eigenvalue weighted by Crippen LogP contribution is -2.45. The highest BCUT2D eigenvalue weighted by Gasteiger charge is 2.25. The molecule has 168 valence electrons. The maximum Gasteiger partial charge on any atom is 0.240 e. The molecule has 1 fully saturated rings. The topological polar surface area (TPSA) is 78.5 Å². The normalized spacial score (nSPS) is 15.7. The van der Waals surface area contributed by atoms with Gasteiger partial charge in [0.05, 0.1) is 4.90 Å². The fourth-order valence-electron chi connectivity index (χ4n) is 3.98. The van der Waals surface area contributed by atoms with Crippen molar-refractivity contribution in [3.05, 3.63) is 72.5 Å². The molecule has 0 aromatic heterocycles. The van der Waals surface area contributed by atoms with Gasteiger partial charge in [0.25, 0.3) is 0 Å². The Kier molecular flexibility index (Phi) is 6.83. The second-order valence-corrected chi connectivity index (χ2v) is 9.73. The molecule has 1 heterocycles. The molecule has 0 atom stereocenters. The minimum absolute atomic E-state index is 0.0412. The van der Waals surface area contributed by atoms with E-state index in [1.54, 1.807) is 0 Å². The number of benzene rings is 3. The van der Waals surface area contributed by atoms with Crippen molar-refractivity contribution in [3.8, 4) is 0 Å². The van der Waals surface area contributed by atoms with E-state index < -0.39 is 15.8 Å². The zero-order chi connectivity index (χ0) is 22.6. The zero-order valence-electron chi connectivity index (χ0n) is 17.6. The average Bonchev–Trinajstić information content (AvgIpc) is 2.79. The van der Waals surface area contributed by atoms with Crippen molar-refractivity contribution in [2.24, 2.45) is 0 Å². The fourth-order valence-corrected chi connectivity index (χ4v) is 5.29. The molecular formula is C24H26FN3O3S. The maximum atomic E-state index is 13.0. The molecule has 8 heteroatoms. The molecule has 4 rings (SSSR count). The largest absolute Gasteiger partial charge is 0.325 e. The Labute approximate surface area is 187 Å². The molecule has 1 aliphatic rings. The lowest BCUT2D eigenvalue weighted by molar-refractivity contribution is -0.116. The molecule has 1 saturated heterocycles. The second kappa shape index (κ2) is 9.77. The van der Waals surface area contributed by atoms with Crippen LogP contribution in [0.4, 0.5) is 10.1 Å². The van der Waals surface area contributed by atoms with Crippen LogP contribution in [0.15, 0.2) is 71.6 Å². The van der Waals surface area contributed by atoms with Crippen LogP contribution in [0.3, 0.4) is 0 Å². The number of carbonyl (C=O) groups excluding carboxylic acids is 1. The highest BCUT2D eigenvalue weighted by Crippen LogP contribution is 2.23. The predicted molar refractivity (Wildman–Crippen MR) is 123 cm³/mol. The average molecular weight is 456 g/mol. The third-order valence-electron chi connectivity index (χ3n) is 5.75. The van der Waals surface area contributed by atoms with Gasteiger partial charge in [-0.2, -0.15) is 0 Å². The van der Waals surface area contributed by atoms with E-state index in [1.165, 1.54) is 12.1 Å². The van der Waals surface area contributed by atoms with Crippen LogP contribution in [0.25, 0.3) is 10.8 Å². The van der Waals surface area contributed by atoms with E-state index in [4.69, 9.17) is 0 Å². The quantitative estimate of drug-likeness (QED) is 0.569. The third-order valence-corrected chi connectivity index (χ3v) is 7.29. The van der Waals surface area contributed by atoms with Crippen molar-refractivity contribution in [2.75, 3.05) is 25.0 Å². The zero-order valence-corrected chi connectivity index (χ0v) is 18.4. The smallest absolute Gasteiger partial charge is 0.240 e. The number of likely N-dealkylation sites (tertiary alicyclic amines) is 1. The molecule has 0 radical (unpaired) electrons. The van der Waals surface area contributed by atoms with Crippen LogP contribution in [-0.2, 0) is 14.8 Å². The maximum absolute atomic E-state index is 13.0. The minimum atomic E-state index is -3.67. The van der Waals surface area contributed by atoms with Crippen LogP contribution in [-0.4, -0.2) is 44.9 Å². The van der Waals surface area contributed by atoms with Crippen molar-refractivity contribution < 1.29 is 17.6 Å². The Hall–Kier alpha value is -2.81. The van der Waals surface area contributed by atoms with Gasteiger partial charge in [0.15, 0.2) is 0 Å². The van der Waals surface area contributed by atoms with E-state index in [9.17, 15) is 17.6 Å². The lowest BCUT2D eigenvalue weighted by atomic mass is 10.1. The first-order chi connectivity index (χ1) is 15.4. The molecule has 0 saturated carbocycles. The van der Waals surface area contributed by atoms with Crippen molar-refractivity contribution >= 4 is 32.4 Å². The predicted octanol–water partition coefficient (Wildman–Crippen LogP) is 3.75. The van der Waals surface area contributed by atoms with Crippen LogP contribution >= 0.6 is 0 Å². The van der Waals surface area contributed by atoms with Gasteiger partial charge in [0.2, 0.25) is 15.9 Å². The number of anilines is 1. The fraction of sp³-hybridized carbons (Fsp3) is 0.292. The summed E-state index contributed by atoms with van der Waals surface area (Å²) < 4.78 is 40.7. The monoisotopic (exact) mass is 455 g/mol. The molecule has 3 aromatic rings. The summed E-state index contributed by atoms with van der Waals surface area (Å²) in [6.07, 6.45) is 1.69. The van der Waals surface area contributed by atoms with Gasteiger partial charge >= 0.3 is 0 Å². The molecule has 3 aromatic carbocycles. The van der Waals surface area contributed by atoms with Gasteiger partial charge in [-0.25, -0.2) is 17.5 Å². The van der Waals surface area contributed by atoms with Gasteiger partial charge in [-0.1, -0.05) is 36.4 Å². The number of carbonyl (C=O) groups is 1. The first-order valence-corrected chi connectivity index (χ1v) is 12.2. The van der Waals surface area contributed by atoms with E-state index in [0.717, 1.165) is 28.6 Å². The minimum Gasteiger partial charge on any atom is -0.325 e. The molecule has 0 unspecified atom stereocenters. The summed E-state index contributed by atoms with van der Waals surface area (Å²) in [7, 11) is -3.67. The molecule has 0 spiro atoms. The number of halogens is 1. The Balaban J connectivity index is 1.24. The number of hydrogen-bond acceptors (Lipinski definition) is 4. The van der Waals surface area contributed by atoms with Crippen LogP contribution < -0.4 is 10.0 Å². The molecular weight excluding hydrogens is 429 g/mol. The number of sulfonamides is 1. The summed E-state index contributed by atoms with van der Waals surface area (Å²) in [4.78, 5) is 14.7. The molecule has 6 nitrogen and oxygen atoms in total. The van der Waals surface area contributed by atoms with E-state index in [1.807, 2.05) is 42.5 Å². The van der Waals surface area contributed by atoms with Gasteiger partial charge < -0.3 is 10.2 Å². The highest BCUT2D eigenvalue weighted by atomic mass is 32.2. The third kappa shape index (κ3) is 5.51. The van der Waals surface area contributed by atoms with Crippen LogP contribution in [0.1, 0.15) is 19.3 Å².